The quantitative estimate of drug-likeness (QED) is 0.517. The molecule has 1 N–H and O–H groups in total. The molecule has 0 amide bonds. The second kappa shape index (κ2) is 9.30. The lowest BCUT2D eigenvalue weighted by Crippen LogP contribution is -2.22. The Bertz CT molecular complexity index is 379. The summed E-state index contributed by atoms with van der Waals surface area (Å²) in [6, 6.07) is 2.93. The normalized spacial score (nSPS) is 16.3. The zero-order valence-electron chi connectivity index (χ0n) is 14.1. The highest BCUT2D eigenvalue weighted by Gasteiger charge is 2.31. The molecule has 1 heterocycles. The summed E-state index contributed by atoms with van der Waals surface area (Å²) in [5.41, 5.74) is 1.50. The van der Waals surface area contributed by atoms with Gasteiger partial charge in [-0.15, -0.1) is 0 Å². The average Bonchev–Trinajstić information content (AvgIpc) is 3.22. The first kappa shape index (κ1) is 16.6. The number of rotatable bonds is 12. The molecular weight excluding hydrogens is 256 g/mol. The first-order chi connectivity index (χ1) is 10.3. The summed E-state index contributed by atoms with van der Waals surface area (Å²) in [6.07, 6.45) is 17.2. The summed E-state index contributed by atoms with van der Waals surface area (Å²) in [5, 5.41) is 3.66. The maximum Gasteiger partial charge on any atom is 0.0363 e. The second-order valence-electron chi connectivity index (χ2n) is 6.68. The Morgan fingerprint density at radius 3 is 2.48 bits per heavy atom. The molecule has 2 rings (SSSR count). The number of nitrogens with zero attached hydrogens (tertiary/aromatic N) is 1. The van der Waals surface area contributed by atoms with Gasteiger partial charge in [-0.3, -0.25) is 0 Å². The van der Waals surface area contributed by atoms with Crippen molar-refractivity contribution < 1.29 is 0 Å². The molecule has 2 nitrogen and oxygen atoms in total. The van der Waals surface area contributed by atoms with Gasteiger partial charge in [-0.05, 0) is 43.4 Å². The van der Waals surface area contributed by atoms with Crippen molar-refractivity contribution in [2.24, 2.45) is 5.92 Å². The summed E-state index contributed by atoms with van der Waals surface area (Å²) in [7, 11) is 0. The molecule has 1 aromatic rings. The van der Waals surface area contributed by atoms with Gasteiger partial charge in [0.05, 0.1) is 0 Å². The van der Waals surface area contributed by atoms with E-state index in [2.05, 4.69) is 42.2 Å². The maximum absolute atomic E-state index is 3.66. The van der Waals surface area contributed by atoms with Crippen molar-refractivity contribution in [3.8, 4) is 0 Å². The molecule has 1 aliphatic rings. The van der Waals surface area contributed by atoms with Crippen molar-refractivity contribution in [3.63, 3.8) is 0 Å². The first-order valence-electron chi connectivity index (χ1n) is 9.24. The Kier molecular flexibility index (Phi) is 7.35. The lowest BCUT2D eigenvalue weighted by molar-refractivity contribution is 0.494. The van der Waals surface area contributed by atoms with Crippen LogP contribution in [0.5, 0.6) is 0 Å². The van der Waals surface area contributed by atoms with Crippen molar-refractivity contribution in [2.75, 3.05) is 6.54 Å². The Morgan fingerprint density at radius 1 is 1.10 bits per heavy atom. The van der Waals surface area contributed by atoms with Gasteiger partial charge >= 0.3 is 0 Å². The minimum absolute atomic E-state index is 0.602. The van der Waals surface area contributed by atoms with Crippen molar-refractivity contribution in [1.82, 2.24) is 9.88 Å². The third kappa shape index (κ3) is 5.86. The molecule has 21 heavy (non-hydrogen) atoms. The van der Waals surface area contributed by atoms with Crippen LogP contribution >= 0.6 is 0 Å². The fourth-order valence-corrected chi connectivity index (χ4v) is 3.24. The number of hydrogen-bond donors (Lipinski definition) is 1. The molecule has 0 bridgehead atoms. The highest BCUT2D eigenvalue weighted by atomic mass is 15.0. The largest absolute Gasteiger partial charge is 0.354 e. The van der Waals surface area contributed by atoms with Gasteiger partial charge in [0.2, 0.25) is 0 Å². The van der Waals surface area contributed by atoms with Crippen LogP contribution in [0.15, 0.2) is 18.5 Å². The van der Waals surface area contributed by atoms with Gasteiger partial charge in [0, 0.05) is 25.0 Å². The topological polar surface area (TPSA) is 17.0 Å². The number of nitrogens with one attached hydrogen (secondary N) is 1. The molecule has 0 saturated heterocycles. The Morgan fingerprint density at radius 2 is 1.81 bits per heavy atom. The lowest BCUT2D eigenvalue weighted by Gasteiger charge is -2.15. The van der Waals surface area contributed by atoms with E-state index in [1.165, 1.54) is 69.9 Å². The van der Waals surface area contributed by atoms with Crippen LogP contribution in [0, 0.1) is 5.92 Å². The minimum atomic E-state index is 0.602. The fourth-order valence-electron chi connectivity index (χ4n) is 3.24. The van der Waals surface area contributed by atoms with E-state index in [9.17, 15) is 0 Å². The minimum Gasteiger partial charge on any atom is -0.354 e. The Hall–Kier alpha value is -0.760. The SMILES string of the molecule is CCCCCCCCCn1ccc(C(NCC)C2CC2)c1. The number of unbranched alkanes of at least 4 members (excludes halogenated alkanes) is 6. The fraction of sp³-hybridized carbons (Fsp3) is 0.789. The summed E-state index contributed by atoms with van der Waals surface area (Å²) in [4.78, 5) is 0. The van der Waals surface area contributed by atoms with Gasteiger partial charge in [-0.1, -0.05) is 52.4 Å². The van der Waals surface area contributed by atoms with Crippen LogP contribution in [0.25, 0.3) is 0 Å². The summed E-state index contributed by atoms with van der Waals surface area (Å²) in [6.45, 7) is 6.76. The van der Waals surface area contributed by atoms with Crippen LogP contribution < -0.4 is 5.32 Å². The molecular formula is C19H34N2. The van der Waals surface area contributed by atoms with Crippen molar-refractivity contribution in [2.45, 2.75) is 84.2 Å². The lowest BCUT2D eigenvalue weighted by atomic mass is 10.1. The van der Waals surface area contributed by atoms with E-state index >= 15 is 0 Å². The molecule has 0 aromatic carbocycles. The van der Waals surface area contributed by atoms with Crippen LogP contribution in [0.1, 0.15) is 83.2 Å². The number of aromatic nitrogens is 1. The van der Waals surface area contributed by atoms with Crippen molar-refractivity contribution >= 4 is 0 Å². The van der Waals surface area contributed by atoms with Crippen LogP contribution in [0.4, 0.5) is 0 Å². The molecule has 2 heteroatoms. The standard InChI is InChI=1S/C19H34N2/c1-3-5-6-7-8-9-10-14-21-15-13-18(16-21)19(20-4-2)17-11-12-17/h13,15-17,19-20H,3-12,14H2,1-2H3. The average molecular weight is 290 g/mol. The maximum atomic E-state index is 3.66. The van der Waals surface area contributed by atoms with E-state index in [0.29, 0.717) is 6.04 Å². The van der Waals surface area contributed by atoms with Crippen molar-refractivity contribution in [1.29, 1.82) is 0 Å². The van der Waals surface area contributed by atoms with Crippen LogP contribution in [0.3, 0.4) is 0 Å². The molecule has 1 unspecified atom stereocenters. The highest BCUT2D eigenvalue weighted by Crippen LogP contribution is 2.41. The molecule has 1 aromatic heterocycles. The van der Waals surface area contributed by atoms with Crippen LogP contribution in [-0.4, -0.2) is 11.1 Å². The molecule has 1 fully saturated rings. The Balaban J connectivity index is 1.65. The van der Waals surface area contributed by atoms with Crippen LogP contribution in [-0.2, 0) is 6.54 Å². The zero-order chi connectivity index (χ0) is 14.9. The second-order valence-corrected chi connectivity index (χ2v) is 6.68. The summed E-state index contributed by atoms with van der Waals surface area (Å²) >= 11 is 0. The monoisotopic (exact) mass is 290 g/mol. The predicted molar refractivity (Wildman–Crippen MR) is 91.6 cm³/mol. The smallest absolute Gasteiger partial charge is 0.0363 e. The highest BCUT2D eigenvalue weighted by molar-refractivity contribution is 5.18. The molecule has 0 spiro atoms. The molecule has 1 aliphatic carbocycles. The first-order valence-corrected chi connectivity index (χ1v) is 9.24. The van der Waals surface area contributed by atoms with Gasteiger partial charge in [-0.2, -0.15) is 0 Å². The van der Waals surface area contributed by atoms with Crippen LogP contribution in [0.2, 0.25) is 0 Å². The molecule has 1 atom stereocenters. The third-order valence-corrected chi connectivity index (χ3v) is 4.67. The third-order valence-electron chi connectivity index (χ3n) is 4.67. The summed E-state index contributed by atoms with van der Waals surface area (Å²) in [5.74, 6) is 0.888. The van der Waals surface area contributed by atoms with E-state index in [0.717, 1.165) is 12.5 Å². The van der Waals surface area contributed by atoms with E-state index in [4.69, 9.17) is 0 Å². The molecule has 120 valence electrons. The van der Waals surface area contributed by atoms with Gasteiger partial charge < -0.3 is 9.88 Å². The van der Waals surface area contributed by atoms with Gasteiger partial charge in [0.15, 0.2) is 0 Å². The number of aryl methyl sites for hydroxylation is 1. The van der Waals surface area contributed by atoms with Gasteiger partial charge in [0.25, 0.3) is 0 Å². The molecule has 0 aliphatic heterocycles. The zero-order valence-corrected chi connectivity index (χ0v) is 14.1. The molecule has 0 radical (unpaired) electrons. The Labute approximate surface area is 131 Å². The molecule has 1 saturated carbocycles. The van der Waals surface area contributed by atoms with Crippen molar-refractivity contribution in [3.05, 3.63) is 24.0 Å². The van der Waals surface area contributed by atoms with E-state index in [1.54, 1.807) is 0 Å². The van der Waals surface area contributed by atoms with E-state index in [1.807, 2.05) is 0 Å². The predicted octanol–water partition coefficient (Wildman–Crippen LogP) is 5.30. The number of hydrogen-bond acceptors (Lipinski definition) is 1. The summed E-state index contributed by atoms with van der Waals surface area (Å²) < 4.78 is 2.40. The van der Waals surface area contributed by atoms with Gasteiger partial charge in [0.1, 0.15) is 0 Å². The van der Waals surface area contributed by atoms with E-state index in [-0.39, 0.29) is 0 Å². The van der Waals surface area contributed by atoms with Gasteiger partial charge in [-0.25, -0.2) is 0 Å². The van der Waals surface area contributed by atoms with E-state index < -0.39 is 0 Å².